The van der Waals surface area contributed by atoms with Crippen molar-refractivity contribution in [2.24, 2.45) is 5.41 Å². The van der Waals surface area contributed by atoms with Crippen molar-refractivity contribution in [2.45, 2.75) is 26.3 Å². The predicted molar refractivity (Wildman–Crippen MR) is 116 cm³/mol. The van der Waals surface area contributed by atoms with Gasteiger partial charge < -0.3 is 25.0 Å². The Hall–Kier alpha value is -3.22. The van der Waals surface area contributed by atoms with Gasteiger partial charge in [-0.3, -0.25) is 4.79 Å². The lowest BCUT2D eigenvalue weighted by molar-refractivity contribution is -0.132. The molecule has 2 N–H and O–H groups in total. The SMILES string of the molecule is COc1ccc(NC(=O)N2CCC[C@@](C)(C(=O)NCc3ccccc3)C2)c(OC)c1. The van der Waals surface area contributed by atoms with Gasteiger partial charge in [-0.25, -0.2) is 4.79 Å². The molecule has 3 amide bonds. The van der Waals surface area contributed by atoms with Crippen LogP contribution in [0.15, 0.2) is 48.5 Å². The van der Waals surface area contributed by atoms with Crippen molar-refractivity contribution in [1.29, 1.82) is 0 Å². The third-order valence-corrected chi connectivity index (χ3v) is 5.48. The summed E-state index contributed by atoms with van der Waals surface area (Å²) in [7, 11) is 3.11. The molecule has 7 nitrogen and oxygen atoms in total. The number of nitrogens with one attached hydrogen (secondary N) is 2. The van der Waals surface area contributed by atoms with Crippen LogP contribution < -0.4 is 20.1 Å². The van der Waals surface area contributed by atoms with Crippen LogP contribution in [0.2, 0.25) is 0 Å². The van der Waals surface area contributed by atoms with E-state index in [1.165, 1.54) is 0 Å². The number of urea groups is 1. The van der Waals surface area contributed by atoms with Crippen molar-refractivity contribution >= 4 is 17.6 Å². The number of anilines is 1. The molecule has 0 radical (unpaired) electrons. The molecule has 7 heteroatoms. The van der Waals surface area contributed by atoms with Crippen LogP contribution in [-0.2, 0) is 11.3 Å². The zero-order valence-electron chi connectivity index (χ0n) is 17.7. The molecule has 0 aliphatic carbocycles. The van der Waals surface area contributed by atoms with Crippen molar-refractivity contribution in [3.05, 3.63) is 54.1 Å². The molecule has 1 aliphatic heterocycles. The summed E-state index contributed by atoms with van der Waals surface area (Å²) in [5.41, 5.74) is 0.976. The molecule has 3 rings (SSSR count). The molecule has 0 saturated carbocycles. The lowest BCUT2D eigenvalue weighted by atomic mass is 9.81. The van der Waals surface area contributed by atoms with Gasteiger partial charge in [-0.2, -0.15) is 0 Å². The van der Waals surface area contributed by atoms with Gasteiger partial charge in [-0.15, -0.1) is 0 Å². The van der Waals surface area contributed by atoms with Gasteiger partial charge in [0.25, 0.3) is 0 Å². The number of methoxy groups -OCH3 is 2. The predicted octanol–water partition coefficient (Wildman–Crippen LogP) is 3.65. The van der Waals surface area contributed by atoms with E-state index < -0.39 is 5.41 Å². The highest BCUT2D eigenvalue weighted by Crippen LogP contribution is 2.32. The number of ether oxygens (including phenoxy) is 2. The van der Waals surface area contributed by atoms with E-state index in [1.807, 2.05) is 37.3 Å². The van der Waals surface area contributed by atoms with Crippen LogP contribution in [0, 0.1) is 5.41 Å². The number of hydrogen-bond acceptors (Lipinski definition) is 4. The summed E-state index contributed by atoms with van der Waals surface area (Å²) in [5.74, 6) is 1.12. The molecular weight excluding hydrogens is 382 g/mol. The lowest BCUT2D eigenvalue weighted by Crippen LogP contribution is -2.52. The third kappa shape index (κ3) is 5.03. The molecule has 1 aliphatic rings. The molecule has 30 heavy (non-hydrogen) atoms. The Kier molecular flexibility index (Phi) is 6.82. The van der Waals surface area contributed by atoms with E-state index in [0.717, 1.165) is 18.4 Å². The second kappa shape index (κ2) is 9.52. The normalized spacial score (nSPS) is 18.4. The van der Waals surface area contributed by atoms with Gasteiger partial charge in [0.15, 0.2) is 0 Å². The number of likely N-dealkylation sites (tertiary alicyclic amines) is 1. The Balaban J connectivity index is 1.63. The highest BCUT2D eigenvalue weighted by Gasteiger charge is 2.39. The molecule has 0 unspecified atom stereocenters. The summed E-state index contributed by atoms with van der Waals surface area (Å²) < 4.78 is 10.5. The van der Waals surface area contributed by atoms with Crippen molar-refractivity contribution in [3.63, 3.8) is 0 Å². The fraction of sp³-hybridized carbons (Fsp3) is 0.391. The molecular formula is C23H29N3O4. The summed E-state index contributed by atoms with van der Waals surface area (Å²) >= 11 is 0. The minimum Gasteiger partial charge on any atom is -0.497 e. The second-order valence-corrected chi connectivity index (χ2v) is 7.75. The second-order valence-electron chi connectivity index (χ2n) is 7.75. The maximum absolute atomic E-state index is 12.9. The van der Waals surface area contributed by atoms with Crippen molar-refractivity contribution in [2.75, 3.05) is 32.6 Å². The van der Waals surface area contributed by atoms with Crippen LogP contribution in [0.3, 0.4) is 0 Å². The molecule has 0 spiro atoms. The molecule has 1 fully saturated rings. The van der Waals surface area contributed by atoms with Gasteiger partial charge in [0, 0.05) is 25.7 Å². The summed E-state index contributed by atoms with van der Waals surface area (Å²) in [6.07, 6.45) is 1.51. The van der Waals surface area contributed by atoms with Crippen LogP contribution in [-0.4, -0.2) is 44.1 Å². The summed E-state index contributed by atoms with van der Waals surface area (Å²) in [5, 5.41) is 5.91. The van der Waals surface area contributed by atoms with E-state index in [9.17, 15) is 9.59 Å². The van der Waals surface area contributed by atoms with E-state index >= 15 is 0 Å². The van der Waals surface area contributed by atoms with Gasteiger partial charge in [-0.05, 0) is 37.5 Å². The van der Waals surface area contributed by atoms with E-state index in [4.69, 9.17) is 9.47 Å². The zero-order valence-corrected chi connectivity index (χ0v) is 17.7. The van der Waals surface area contributed by atoms with E-state index in [0.29, 0.717) is 36.8 Å². The molecule has 0 aromatic heterocycles. The van der Waals surface area contributed by atoms with Crippen molar-refractivity contribution in [3.8, 4) is 11.5 Å². The number of hydrogen-bond donors (Lipinski definition) is 2. The summed E-state index contributed by atoms with van der Waals surface area (Å²) in [6.45, 7) is 3.36. The zero-order chi connectivity index (χ0) is 21.6. The fourth-order valence-electron chi connectivity index (χ4n) is 3.69. The summed E-state index contributed by atoms with van der Waals surface area (Å²) in [6, 6.07) is 14.8. The number of carbonyl (C=O) groups is 2. The standard InChI is InChI=1S/C23H29N3O4/c1-23(21(27)24-15-17-8-5-4-6-9-17)12-7-13-26(16-23)22(28)25-19-11-10-18(29-2)14-20(19)30-3/h4-6,8-11,14H,7,12-13,15-16H2,1-3H3,(H,24,27)(H,25,28)/t23-/m1/s1. The number of amides is 3. The lowest BCUT2D eigenvalue weighted by Gasteiger charge is -2.39. The highest BCUT2D eigenvalue weighted by molar-refractivity contribution is 5.92. The maximum atomic E-state index is 12.9. The molecule has 1 heterocycles. The van der Waals surface area contributed by atoms with E-state index in [-0.39, 0.29) is 11.9 Å². The average Bonchev–Trinajstić information content (AvgIpc) is 2.78. The third-order valence-electron chi connectivity index (χ3n) is 5.48. The topological polar surface area (TPSA) is 79.9 Å². The first kappa shape index (κ1) is 21.5. The first-order valence-corrected chi connectivity index (χ1v) is 10.1. The Morgan fingerprint density at radius 2 is 1.87 bits per heavy atom. The van der Waals surface area contributed by atoms with Crippen molar-refractivity contribution < 1.29 is 19.1 Å². The van der Waals surface area contributed by atoms with Gasteiger partial charge in [0.1, 0.15) is 11.5 Å². The number of carbonyl (C=O) groups excluding carboxylic acids is 2. The Morgan fingerprint density at radius 1 is 1.10 bits per heavy atom. The number of rotatable bonds is 6. The monoisotopic (exact) mass is 411 g/mol. The first-order valence-electron chi connectivity index (χ1n) is 10.1. The highest BCUT2D eigenvalue weighted by atomic mass is 16.5. The smallest absolute Gasteiger partial charge is 0.321 e. The molecule has 1 atom stereocenters. The van der Waals surface area contributed by atoms with Gasteiger partial charge in [0.2, 0.25) is 5.91 Å². The van der Waals surface area contributed by atoms with Crippen LogP contribution >= 0.6 is 0 Å². The van der Waals surface area contributed by atoms with Gasteiger partial charge >= 0.3 is 6.03 Å². The molecule has 2 aromatic carbocycles. The van der Waals surface area contributed by atoms with Crippen LogP contribution in [0.1, 0.15) is 25.3 Å². The largest absolute Gasteiger partial charge is 0.497 e. The van der Waals surface area contributed by atoms with Crippen molar-refractivity contribution in [1.82, 2.24) is 10.2 Å². The van der Waals surface area contributed by atoms with E-state index in [2.05, 4.69) is 10.6 Å². The first-order chi connectivity index (χ1) is 14.4. The molecule has 1 saturated heterocycles. The Labute approximate surface area is 177 Å². The average molecular weight is 412 g/mol. The number of benzene rings is 2. The number of piperidine rings is 1. The van der Waals surface area contributed by atoms with Crippen LogP contribution in [0.5, 0.6) is 11.5 Å². The van der Waals surface area contributed by atoms with Gasteiger partial charge in [-0.1, -0.05) is 30.3 Å². The van der Waals surface area contributed by atoms with Crippen LogP contribution in [0.25, 0.3) is 0 Å². The molecule has 0 bridgehead atoms. The number of nitrogens with zero attached hydrogens (tertiary/aromatic N) is 1. The van der Waals surface area contributed by atoms with Crippen LogP contribution in [0.4, 0.5) is 10.5 Å². The summed E-state index contributed by atoms with van der Waals surface area (Å²) in [4.78, 5) is 27.5. The van der Waals surface area contributed by atoms with E-state index in [1.54, 1.807) is 37.3 Å². The minimum absolute atomic E-state index is 0.0362. The fourth-order valence-corrected chi connectivity index (χ4v) is 3.69. The Bertz CT molecular complexity index is 887. The quantitative estimate of drug-likeness (QED) is 0.760. The van der Waals surface area contributed by atoms with Gasteiger partial charge in [0.05, 0.1) is 25.3 Å². The minimum atomic E-state index is -0.631. The maximum Gasteiger partial charge on any atom is 0.321 e. The molecule has 160 valence electrons. The molecule has 2 aromatic rings. The Morgan fingerprint density at radius 3 is 2.57 bits per heavy atom.